The van der Waals surface area contributed by atoms with Gasteiger partial charge >= 0.3 is 5.97 Å². The van der Waals surface area contributed by atoms with Crippen LogP contribution in [0.3, 0.4) is 0 Å². The van der Waals surface area contributed by atoms with Gasteiger partial charge in [0, 0.05) is 22.3 Å². The number of carboxylic acids is 1. The van der Waals surface area contributed by atoms with E-state index in [-0.39, 0.29) is 11.4 Å². The van der Waals surface area contributed by atoms with E-state index in [2.05, 4.69) is 41.8 Å². The van der Waals surface area contributed by atoms with E-state index in [0.717, 1.165) is 51.7 Å². The molecule has 0 aliphatic heterocycles. The van der Waals surface area contributed by atoms with Crippen LogP contribution >= 0.6 is 15.9 Å². The summed E-state index contributed by atoms with van der Waals surface area (Å²) in [7, 11) is 0. The number of aliphatic carboxylic acids is 1. The molecule has 0 radical (unpaired) electrons. The summed E-state index contributed by atoms with van der Waals surface area (Å²) in [6.45, 7) is 11.9. The highest BCUT2D eigenvalue weighted by atomic mass is 79.9. The lowest BCUT2D eigenvalue weighted by atomic mass is 10.1. The molecule has 9 nitrogen and oxygen atoms in total. The lowest BCUT2D eigenvalue weighted by Gasteiger charge is -2.18. The molecule has 3 aromatic rings. The molecule has 40 heavy (non-hydrogen) atoms. The number of nitrogens with zero attached hydrogens (tertiary/aromatic N) is 1. The molecule has 0 aliphatic rings. The van der Waals surface area contributed by atoms with Gasteiger partial charge in [0.2, 0.25) is 0 Å². The highest BCUT2D eigenvalue weighted by molar-refractivity contribution is 9.10. The molecule has 1 heterocycles. The van der Waals surface area contributed by atoms with Crippen molar-refractivity contribution in [2.24, 2.45) is 0 Å². The maximum Gasteiger partial charge on any atom is 0.303 e. The Morgan fingerprint density at radius 3 is 2.33 bits per heavy atom. The molecule has 5 N–H and O–H groups in total. The molecule has 2 aromatic carbocycles. The van der Waals surface area contributed by atoms with Crippen LogP contribution in [-0.4, -0.2) is 32.9 Å². The van der Waals surface area contributed by atoms with Gasteiger partial charge in [-0.25, -0.2) is 4.98 Å². The Bertz CT molecular complexity index is 1380. The number of nitrogens with one attached hydrogen (secondary N) is 4. The number of halogens is 1. The number of unbranched alkanes of at least 4 members (excludes halogenated alkanes) is 1. The van der Waals surface area contributed by atoms with Crippen molar-refractivity contribution >= 4 is 45.1 Å². The number of carboxylic acid groups (broad SMARTS) is 1. The normalized spacial score (nSPS) is 11.1. The number of imidazole rings is 1. The first-order valence-corrected chi connectivity index (χ1v) is 13.9. The standard InChI is InChI=1S/C25H28BrN5O2.C5H10O2/c1-6-14(2)23(29-19-9-7-8-15(3)17(19)5)31-25(33)22-21(27-13-28-22)24(32)30-20-12-18(26)11-10-16(20)4;1-2-3-4-5(6)7/h7-13,29H,6H2,1-5H3,(H,27,28)(H,30,32)(H,31,33);2-4H2,1H3,(H,6,7)/b23-14-;. The second-order valence-electron chi connectivity index (χ2n) is 9.37. The van der Waals surface area contributed by atoms with Crippen molar-refractivity contribution in [3.8, 4) is 0 Å². The molecule has 0 unspecified atom stereocenters. The van der Waals surface area contributed by atoms with Crippen LogP contribution in [0.25, 0.3) is 0 Å². The number of carbonyl (C=O) groups is 3. The van der Waals surface area contributed by atoms with E-state index < -0.39 is 17.8 Å². The van der Waals surface area contributed by atoms with Crippen molar-refractivity contribution in [2.75, 3.05) is 10.6 Å². The number of aromatic nitrogens is 2. The van der Waals surface area contributed by atoms with Crippen LogP contribution in [0.5, 0.6) is 0 Å². The molecule has 0 saturated heterocycles. The predicted octanol–water partition coefficient (Wildman–Crippen LogP) is 7.09. The van der Waals surface area contributed by atoms with Gasteiger partial charge in [-0.15, -0.1) is 0 Å². The molecule has 0 spiro atoms. The molecular weight excluding hydrogens is 574 g/mol. The highest BCUT2D eigenvalue weighted by Crippen LogP contribution is 2.23. The minimum absolute atomic E-state index is 0.0205. The van der Waals surface area contributed by atoms with Crippen LogP contribution in [0.15, 0.2) is 58.6 Å². The minimum Gasteiger partial charge on any atom is -0.481 e. The predicted molar refractivity (Wildman–Crippen MR) is 163 cm³/mol. The first kappa shape index (κ1) is 32.3. The molecule has 3 rings (SSSR count). The third-order valence-electron chi connectivity index (χ3n) is 6.33. The summed E-state index contributed by atoms with van der Waals surface area (Å²) < 4.78 is 0.839. The van der Waals surface area contributed by atoms with Gasteiger partial charge < -0.3 is 26.0 Å². The Morgan fingerprint density at radius 1 is 0.975 bits per heavy atom. The topological polar surface area (TPSA) is 136 Å². The number of benzene rings is 2. The number of hydrogen-bond acceptors (Lipinski definition) is 5. The average molecular weight is 613 g/mol. The summed E-state index contributed by atoms with van der Waals surface area (Å²) in [5.41, 5.74) is 5.77. The number of carbonyl (C=O) groups excluding carboxylic acids is 2. The van der Waals surface area contributed by atoms with E-state index in [0.29, 0.717) is 17.9 Å². The van der Waals surface area contributed by atoms with E-state index in [4.69, 9.17) is 5.11 Å². The van der Waals surface area contributed by atoms with E-state index in [1.165, 1.54) is 6.33 Å². The molecule has 0 fully saturated rings. The molecule has 10 heteroatoms. The largest absolute Gasteiger partial charge is 0.481 e. The maximum atomic E-state index is 13.1. The summed E-state index contributed by atoms with van der Waals surface area (Å²) in [6, 6.07) is 11.6. The number of hydrogen-bond donors (Lipinski definition) is 5. The summed E-state index contributed by atoms with van der Waals surface area (Å²) in [6.07, 6.45) is 4.16. The maximum absolute atomic E-state index is 13.1. The Labute approximate surface area is 244 Å². The van der Waals surface area contributed by atoms with Gasteiger partial charge in [0.05, 0.1) is 6.33 Å². The van der Waals surface area contributed by atoms with Crippen molar-refractivity contribution in [1.29, 1.82) is 0 Å². The van der Waals surface area contributed by atoms with Gasteiger partial charge in [0.25, 0.3) is 11.8 Å². The van der Waals surface area contributed by atoms with E-state index in [9.17, 15) is 14.4 Å². The van der Waals surface area contributed by atoms with Crippen molar-refractivity contribution in [3.05, 3.63) is 86.7 Å². The van der Waals surface area contributed by atoms with Gasteiger partial charge in [-0.2, -0.15) is 0 Å². The first-order chi connectivity index (χ1) is 19.0. The minimum atomic E-state index is -0.693. The number of aromatic amines is 1. The van der Waals surface area contributed by atoms with Gasteiger partial charge in [-0.3, -0.25) is 14.4 Å². The fourth-order valence-electron chi connectivity index (χ4n) is 3.50. The van der Waals surface area contributed by atoms with Gasteiger partial charge in [-0.05, 0) is 81.0 Å². The number of anilines is 2. The van der Waals surface area contributed by atoms with Crippen molar-refractivity contribution in [3.63, 3.8) is 0 Å². The zero-order valence-corrected chi connectivity index (χ0v) is 25.5. The molecule has 2 amide bonds. The number of allylic oxidation sites excluding steroid dienone is 1. The number of rotatable bonds is 10. The van der Waals surface area contributed by atoms with E-state index >= 15 is 0 Å². The quantitative estimate of drug-likeness (QED) is 0.166. The summed E-state index contributed by atoms with van der Waals surface area (Å²) in [5, 5.41) is 17.1. The zero-order valence-electron chi connectivity index (χ0n) is 23.9. The number of aryl methyl sites for hydroxylation is 2. The SMILES string of the molecule is CC/C(C)=C(\NC(=O)c1[nH]cnc1C(=O)Nc1cc(Br)ccc1C)Nc1cccc(C)c1C.CCCCC(=O)O. The van der Waals surface area contributed by atoms with Crippen molar-refractivity contribution < 1.29 is 19.5 Å². The third-order valence-corrected chi connectivity index (χ3v) is 6.83. The summed E-state index contributed by atoms with van der Waals surface area (Å²) in [4.78, 5) is 42.7. The Morgan fingerprint density at radius 2 is 1.70 bits per heavy atom. The molecule has 214 valence electrons. The second kappa shape index (κ2) is 15.6. The second-order valence-corrected chi connectivity index (χ2v) is 10.3. The Hall–Kier alpha value is -3.92. The lowest BCUT2D eigenvalue weighted by Crippen LogP contribution is -2.30. The average Bonchev–Trinajstić information content (AvgIpc) is 3.42. The molecule has 0 saturated carbocycles. The van der Waals surface area contributed by atoms with Gasteiger partial charge in [0.15, 0.2) is 5.69 Å². The van der Waals surface area contributed by atoms with Crippen LogP contribution in [0.4, 0.5) is 11.4 Å². The molecule has 0 bridgehead atoms. The van der Waals surface area contributed by atoms with Crippen LogP contribution in [0.2, 0.25) is 0 Å². The first-order valence-electron chi connectivity index (χ1n) is 13.1. The Balaban J connectivity index is 0.000000708. The summed E-state index contributed by atoms with van der Waals surface area (Å²) >= 11 is 3.41. The van der Waals surface area contributed by atoms with E-state index in [1.807, 2.05) is 71.9 Å². The fraction of sp³-hybridized carbons (Fsp3) is 0.333. The number of amides is 2. The van der Waals surface area contributed by atoms with Gasteiger partial charge in [-0.1, -0.05) is 54.4 Å². The number of H-pyrrole nitrogens is 1. The van der Waals surface area contributed by atoms with Crippen LogP contribution < -0.4 is 16.0 Å². The third kappa shape index (κ3) is 9.37. The van der Waals surface area contributed by atoms with Gasteiger partial charge in [0.1, 0.15) is 11.5 Å². The monoisotopic (exact) mass is 611 g/mol. The smallest absolute Gasteiger partial charge is 0.303 e. The van der Waals surface area contributed by atoms with Crippen LogP contribution in [0.1, 0.15) is 84.1 Å². The molecular formula is C30H38BrN5O4. The van der Waals surface area contributed by atoms with Crippen molar-refractivity contribution in [1.82, 2.24) is 15.3 Å². The summed E-state index contributed by atoms with van der Waals surface area (Å²) in [5.74, 6) is -1.03. The molecule has 1 aromatic heterocycles. The Kier molecular flexibility index (Phi) is 12.6. The lowest BCUT2D eigenvalue weighted by molar-refractivity contribution is -0.137. The fourth-order valence-corrected chi connectivity index (χ4v) is 3.86. The van der Waals surface area contributed by atoms with Crippen molar-refractivity contribution in [2.45, 2.75) is 67.2 Å². The van der Waals surface area contributed by atoms with Crippen LogP contribution in [-0.2, 0) is 4.79 Å². The highest BCUT2D eigenvalue weighted by Gasteiger charge is 2.22. The van der Waals surface area contributed by atoms with E-state index in [1.54, 1.807) is 6.07 Å². The van der Waals surface area contributed by atoms with Crippen LogP contribution in [0, 0.1) is 20.8 Å². The molecule has 0 atom stereocenters. The molecule has 0 aliphatic carbocycles. The zero-order chi connectivity index (χ0) is 29.8.